The van der Waals surface area contributed by atoms with Crippen molar-refractivity contribution in [3.05, 3.63) is 29.6 Å². The molecule has 0 heterocycles. The van der Waals surface area contributed by atoms with E-state index in [0.29, 0.717) is 5.56 Å². The standard InChI is InChI=1S/C12H18FNO4S/c1-9-6-10(13)4-5-11(9)19(16,17)14-7-12(2,15)8-18-3/h4-6,14-15H,7-8H2,1-3H3. The fourth-order valence-electron chi connectivity index (χ4n) is 1.60. The van der Waals surface area contributed by atoms with E-state index in [-0.39, 0.29) is 18.0 Å². The number of hydrogen-bond acceptors (Lipinski definition) is 4. The molecule has 0 fully saturated rings. The molecule has 0 saturated heterocycles. The molecule has 1 unspecified atom stereocenters. The van der Waals surface area contributed by atoms with Crippen molar-refractivity contribution in [3.63, 3.8) is 0 Å². The van der Waals surface area contributed by atoms with Crippen molar-refractivity contribution >= 4 is 10.0 Å². The molecule has 2 N–H and O–H groups in total. The van der Waals surface area contributed by atoms with Gasteiger partial charge in [0.25, 0.3) is 0 Å². The number of benzene rings is 1. The van der Waals surface area contributed by atoms with E-state index in [2.05, 4.69) is 4.72 Å². The van der Waals surface area contributed by atoms with E-state index in [9.17, 15) is 17.9 Å². The van der Waals surface area contributed by atoms with E-state index in [0.717, 1.165) is 12.1 Å². The number of nitrogens with one attached hydrogen (secondary N) is 1. The second kappa shape index (κ2) is 5.96. The van der Waals surface area contributed by atoms with Gasteiger partial charge in [-0.25, -0.2) is 17.5 Å². The lowest BCUT2D eigenvalue weighted by molar-refractivity contribution is -0.0119. The zero-order valence-corrected chi connectivity index (χ0v) is 11.9. The van der Waals surface area contributed by atoms with E-state index in [1.165, 1.54) is 27.0 Å². The summed E-state index contributed by atoms with van der Waals surface area (Å²) in [6.45, 7) is 2.76. The van der Waals surface area contributed by atoms with Crippen molar-refractivity contribution in [2.24, 2.45) is 0 Å². The Labute approximate surface area is 112 Å². The maximum Gasteiger partial charge on any atom is 0.240 e. The maximum atomic E-state index is 12.9. The Morgan fingerprint density at radius 3 is 2.63 bits per heavy atom. The molecule has 0 aliphatic rings. The summed E-state index contributed by atoms with van der Waals surface area (Å²) < 4.78 is 44.1. The Bertz CT molecular complexity index is 543. The molecule has 0 aromatic heterocycles. The zero-order valence-electron chi connectivity index (χ0n) is 11.1. The van der Waals surface area contributed by atoms with E-state index >= 15 is 0 Å². The number of aryl methyl sites for hydroxylation is 1. The summed E-state index contributed by atoms with van der Waals surface area (Å²) >= 11 is 0. The lowest BCUT2D eigenvalue weighted by atomic mass is 10.1. The van der Waals surface area contributed by atoms with Crippen LogP contribution in [0, 0.1) is 12.7 Å². The van der Waals surface area contributed by atoms with Crippen LogP contribution in [0.5, 0.6) is 0 Å². The molecule has 7 heteroatoms. The highest BCUT2D eigenvalue weighted by atomic mass is 32.2. The van der Waals surface area contributed by atoms with Crippen LogP contribution in [0.1, 0.15) is 12.5 Å². The van der Waals surface area contributed by atoms with Crippen molar-refractivity contribution in [2.75, 3.05) is 20.3 Å². The Kier molecular flexibility index (Phi) is 5.03. The van der Waals surface area contributed by atoms with Crippen molar-refractivity contribution in [1.29, 1.82) is 0 Å². The van der Waals surface area contributed by atoms with Crippen LogP contribution in [0.4, 0.5) is 4.39 Å². The highest BCUT2D eigenvalue weighted by Gasteiger charge is 2.25. The van der Waals surface area contributed by atoms with Gasteiger partial charge in [0, 0.05) is 13.7 Å². The molecule has 0 saturated carbocycles. The van der Waals surface area contributed by atoms with Gasteiger partial charge in [-0.2, -0.15) is 0 Å². The van der Waals surface area contributed by atoms with Crippen LogP contribution >= 0.6 is 0 Å². The number of sulfonamides is 1. The van der Waals surface area contributed by atoms with Gasteiger partial charge in [-0.05, 0) is 37.6 Å². The van der Waals surface area contributed by atoms with Gasteiger partial charge in [-0.1, -0.05) is 0 Å². The third-order valence-corrected chi connectivity index (χ3v) is 4.09. The monoisotopic (exact) mass is 291 g/mol. The number of methoxy groups -OCH3 is 1. The Hall–Kier alpha value is -1.02. The highest BCUT2D eigenvalue weighted by Crippen LogP contribution is 2.16. The quantitative estimate of drug-likeness (QED) is 0.813. The van der Waals surface area contributed by atoms with Crippen molar-refractivity contribution in [1.82, 2.24) is 4.72 Å². The lowest BCUT2D eigenvalue weighted by Gasteiger charge is -2.22. The predicted octanol–water partition coefficient (Wildman–Crippen LogP) is 0.810. The van der Waals surface area contributed by atoms with Crippen LogP contribution in [0.15, 0.2) is 23.1 Å². The first kappa shape index (κ1) is 16.0. The van der Waals surface area contributed by atoms with Crippen molar-refractivity contribution < 1.29 is 22.7 Å². The van der Waals surface area contributed by atoms with Crippen LogP contribution in [0.3, 0.4) is 0 Å². The van der Waals surface area contributed by atoms with Gasteiger partial charge in [0.2, 0.25) is 10.0 Å². The summed E-state index contributed by atoms with van der Waals surface area (Å²) in [4.78, 5) is -0.0119. The molecular formula is C12H18FNO4S. The third kappa shape index (κ3) is 4.54. The summed E-state index contributed by atoms with van der Waals surface area (Å²) in [5.74, 6) is -0.497. The minimum Gasteiger partial charge on any atom is -0.386 e. The van der Waals surface area contributed by atoms with E-state index in [1.54, 1.807) is 0 Å². The molecule has 5 nitrogen and oxygen atoms in total. The van der Waals surface area contributed by atoms with Gasteiger partial charge in [0.15, 0.2) is 0 Å². The van der Waals surface area contributed by atoms with Crippen LogP contribution in [0.2, 0.25) is 0 Å². The molecule has 0 amide bonds. The summed E-state index contributed by atoms with van der Waals surface area (Å²) in [7, 11) is -2.38. The molecule has 0 aliphatic heterocycles. The minimum atomic E-state index is -3.79. The van der Waals surface area contributed by atoms with Crippen LogP contribution in [-0.2, 0) is 14.8 Å². The molecule has 1 atom stereocenters. The van der Waals surface area contributed by atoms with Crippen LogP contribution < -0.4 is 4.72 Å². The molecule has 19 heavy (non-hydrogen) atoms. The van der Waals surface area contributed by atoms with Gasteiger partial charge >= 0.3 is 0 Å². The van der Waals surface area contributed by atoms with Crippen molar-refractivity contribution in [2.45, 2.75) is 24.3 Å². The predicted molar refractivity (Wildman–Crippen MR) is 68.8 cm³/mol. The van der Waals surface area contributed by atoms with Gasteiger partial charge in [0.1, 0.15) is 5.82 Å². The average molecular weight is 291 g/mol. The minimum absolute atomic E-state index is 0.00206. The summed E-state index contributed by atoms with van der Waals surface area (Å²) in [5.41, 5.74) is -1.01. The van der Waals surface area contributed by atoms with E-state index in [4.69, 9.17) is 4.74 Å². The number of ether oxygens (including phenoxy) is 1. The summed E-state index contributed by atoms with van der Waals surface area (Å²) in [5, 5.41) is 9.83. The molecule has 0 radical (unpaired) electrons. The highest BCUT2D eigenvalue weighted by molar-refractivity contribution is 7.89. The lowest BCUT2D eigenvalue weighted by Crippen LogP contribution is -2.43. The largest absolute Gasteiger partial charge is 0.386 e. The topological polar surface area (TPSA) is 75.6 Å². The van der Waals surface area contributed by atoms with Crippen LogP contribution in [-0.4, -0.2) is 39.4 Å². The molecule has 1 aromatic carbocycles. The van der Waals surface area contributed by atoms with E-state index in [1.807, 2.05) is 0 Å². The van der Waals surface area contributed by atoms with Gasteiger partial charge < -0.3 is 9.84 Å². The van der Waals surface area contributed by atoms with Gasteiger partial charge in [-0.3, -0.25) is 0 Å². The van der Waals surface area contributed by atoms with E-state index < -0.39 is 21.4 Å². The molecule has 1 aromatic rings. The molecule has 0 aliphatic carbocycles. The summed E-state index contributed by atoms with van der Waals surface area (Å²) in [6.07, 6.45) is 0. The molecule has 108 valence electrons. The second-order valence-electron chi connectivity index (χ2n) is 4.66. The number of aliphatic hydroxyl groups is 1. The molecular weight excluding hydrogens is 273 g/mol. The Morgan fingerprint density at radius 2 is 2.11 bits per heavy atom. The normalized spacial score (nSPS) is 15.2. The Morgan fingerprint density at radius 1 is 1.47 bits per heavy atom. The zero-order chi connectivity index (χ0) is 14.7. The summed E-state index contributed by atoms with van der Waals surface area (Å²) in [6, 6.07) is 3.41. The first-order valence-electron chi connectivity index (χ1n) is 5.65. The molecule has 1 rings (SSSR count). The van der Waals surface area contributed by atoms with Crippen molar-refractivity contribution in [3.8, 4) is 0 Å². The fraction of sp³-hybridized carbons (Fsp3) is 0.500. The smallest absolute Gasteiger partial charge is 0.240 e. The molecule has 0 bridgehead atoms. The maximum absolute atomic E-state index is 12.9. The average Bonchev–Trinajstić information content (AvgIpc) is 2.26. The number of halogens is 1. The fourth-order valence-corrected chi connectivity index (χ4v) is 2.99. The number of rotatable bonds is 6. The van der Waals surface area contributed by atoms with Gasteiger partial charge in [0.05, 0.1) is 17.1 Å². The number of hydrogen-bond donors (Lipinski definition) is 2. The Balaban J connectivity index is 2.87. The third-order valence-electron chi connectivity index (χ3n) is 2.52. The van der Waals surface area contributed by atoms with Crippen LogP contribution in [0.25, 0.3) is 0 Å². The second-order valence-corrected chi connectivity index (χ2v) is 6.40. The van der Waals surface area contributed by atoms with Gasteiger partial charge in [-0.15, -0.1) is 0 Å². The SMILES string of the molecule is COCC(C)(O)CNS(=O)(=O)c1ccc(F)cc1C. The first-order chi connectivity index (χ1) is 8.68. The molecule has 0 spiro atoms. The first-order valence-corrected chi connectivity index (χ1v) is 7.13.